The first-order valence-corrected chi connectivity index (χ1v) is 6.75. The van der Waals surface area contributed by atoms with Crippen molar-refractivity contribution in [3.05, 3.63) is 46.0 Å². The van der Waals surface area contributed by atoms with Crippen molar-refractivity contribution in [3.63, 3.8) is 0 Å². The van der Waals surface area contributed by atoms with Gasteiger partial charge < -0.3 is 5.11 Å². The molecule has 0 aliphatic heterocycles. The lowest BCUT2D eigenvalue weighted by Gasteiger charge is -2.08. The Morgan fingerprint density at radius 2 is 2.05 bits per heavy atom. The van der Waals surface area contributed by atoms with Gasteiger partial charge >= 0.3 is 5.97 Å². The maximum absolute atomic E-state index is 12.4. The molecule has 0 atom stereocenters. The van der Waals surface area contributed by atoms with Crippen LogP contribution in [0.3, 0.4) is 0 Å². The first-order valence-electron chi connectivity index (χ1n) is 6.75. The summed E-state index contributed by atoms with van der Waals surface area (Å²) in [5.41, 5.74) is 2.10. The molecule has 108 valence electrons. The van der Waals surface area contributed by atoms with Gasteiger partial charge in [-0.05, 0) is 25.1 Å². The minimum Gasteiger partial charge on any atom is -0.480 e. The summed E-state index contributed by atoms with van der Waals surface area (Å²) < 4.78 is 2.83. The average molecular weight is 285 g/mol. The second kappa shape index (κ2) is 4.73. The molecule has 2 aromatic heterocycles. The Morgan fingerprint density at radius 3 is 2.71 bits per heavy atom. The van der Waals surface area contributed by atoms with Gasteiger partial charge in [-0.1, -0.05) is 18.6 Å². The highest BCUT2D eigenvalue weighted by Crippen LogP contribution is 2.20. The molecule has 0 aliphatic rings. The maximum atomic E-state index is 12.4. The minimum atomic E-state index is -1.08. The summed E-state index contributed by atoms with van der Waals surface area (Å²) in [6, 6.07) is 7.74. The average Bonchev–Trinajstić information content (AvgIpc) is 2.80. The number of aromatic nitrogens is 3. The first-order chi connectivity index (χ1) is 10.0. The third kappa shape index (κ3) is 2.08. The van der Waals surface area contributed by atoms with Gasteiger partial charge in [-0.15, -0.1) is 0 Å². The molecule has 0 fully saturated rings. The summed E-state index contributed by atoms with van der Waals surface area (Å²) in [7, 11) is 0. The van der Waals surface area contributed by atoms with Crippen LogP contribution < -0.4 is 5.56 Å². The zero-order valence-electron chi connectivity index (χ0n) is 11.8. The maximum Gasteiger partial charge on any atom is 0.325 e. The number of rotatable bonds is 3. The summed E-state index contributed by atoms with van der Waals surface area (Å²) in [4.78, 5) is 23.3. The fourth-order valence-corrected chi connectivity index (χ4v) is 2.60. The van der Waals surface area contributed by atoms with E-state index < -0.39 is 12.5 Å². The summed E-state index contributed by atoms with van der Waals surface area (Å²) in [6.07, 6.45) is 0.605. The van der Waals surface area contributed by atoms with Crippen LogP contribution in [0.5, 0.6) is 0 Å². The van der Waals surface area contributed by atoms with Crippen LogP contribution in [0.4, 0.5) is 0 Å². The van der Waals surface area contributed by atoms with E-state index in [0.29, 0.717) is 17.8 Å². The number of fused-ring (bicyclic) bond motifs is 3. The molecule has 0 amide bonds. The van der Waals surface area contributed by atoms with E-state index in [4.69, 9.17) is 5.11 Å². The lowest BCUT2D eigenvalue weighted by atomic mass is 10.2. The first kappa shape index (κ1) is 13.4. The van der Waals surface area contributed by atoms with Crippen LogP contribution in [0.1, 0.15) is 18.3 Å². The molecule has 6 nitrogen and oxygen atoms in total. The Bertz CT molecular complexity index is 921. The molecule has 6 heteroatoms. The van der Waals surface area contributed by atoms with Crippen LogP contribution in [0.2, 0.25) is 0 Å². The number of aryl methyl sites for hydroxylation is 2. The van der Waals surface area contributed by atoms with Gasteiger partial charge in [-0.3, -0.25) is 14.0 Å². The molecular formula is C15H15N3O3. The van der Waals surface area contributed by atoms with Gasteiger partial charge in [-0.25, -0.2) is 4.68 Å². The third-order valence-corrected chi connectivity index (χ3v) is 3.51. The van der Waals surface area contributed by atoms with Gasteiger partial charge in [0.25, 0.3) is 5.56 Å². The minimum absolute atomic E-state index is 0.386. The van der Waals surface area contributed by atoms with Crippen LogP contribution in [0.25, 0.3) is 16.4 Å². The van der Waals surface area contributed by atoms with Crippen LogP contribution in [0.15, 0.2) is 29.1 Å². The van der Waals surface area contributed by atoms with Gasteiger partial charge in [0, 0.05) is 11.8 Å². The topological polar surface area (TPSA) is 76.6 Å². The van der Waals surface area contributed by atoms with E-state index in [9.17, 15) is 9.59 Å². The fourth-order valence-electron chi connectivity index (χ4n) is 2.60. The standard InChI is InChI=1S/C15H15N3O3/c1-3-13-16-17(8-14(19)20)15(21)12-7-10-6-9(2)4-5-11(10)18(12)13/h4-7H,3,8H2,1-2H3,(H,19,20). The lowest BCUT2D eigenvalue weighted by Crippen LogP contribution is -2.29. The van der Waals surface area contributed by atoms with Crippen LogP contribution in [0, 0.1) is 6.92 Å². The van der Waals surface area contributed by atoms with Gasteiger partial charge in [0.1, 0.15) is 17.9 Å². The van der Waals surface area contributed by atoms with Crippen molar-refractivity contribution in [3.8, 4) is 0 Å². The molecule has 0 spiro atoms. The number of benzene rings is 1. The highest BCUT2D eigenvalue weighted by Gasteiger charge is 2.14. The molecule has 0 bridgehead atoms. The van der Waals surface area contributed by atoms with Crippen LogP contribution >= 0.6 is 0 Å². The van der Waals surface area contributed by atoms with E-state index in [0.717, 1.165) is 21.1 Å². The molecule has 3 rings (SSSR count). The van der Waals surface area contributed by atoms with E-state index in [1.165, 1.54) is 0 Å². The Labute approximate surface area is 120 Å². The lowest BCUT2D eigenvalue weighted by molar-refractivity contribution is -0.138. The van der Waals surface area contributed by atoms with Crippen LogP contribution in [-0.2, 0) is 17.8 Å². The predicted molar refractivity (Wildman–Crippen MR) is 78.7 cm³/mol. The zero-order chi connectivity index (χ0) is 15.1. The van der Waals surface area contributed by atoms with E-state index in [1.807, 2.05) is 36.4 Å². The SMILES string of the molecule is CCc1nn(CC(=O)O)c(=O)c2cc3cc(C)ccc3n12. The van der Waals surface area contributed by atoms with Crippen molar-refractivity contribution >= 4 is 22.4 Å². The van der Waals surface area contributed by atoms with Crippen molar-refractivity contribution in [2.75, 3.05) is 0 Å². The van der Waals surface area contributed by atoms with Crippen molar-refractivity contribution < 1.29 is 9.90 Å². The van der Waals surface area contributed by atoms with Gasteiger partial charge in [0.05, 0.1) is 5.52 Å². The molecule has 0 saturated carbocycles. The number of nitrogens with zero attached hydrogens (tertiary/aromatic N) is 3. The van der Waals surface area contributed by atoms with Crippen molar-refractivity contribution in [2.24, 2.45) is 0 Å². The number of hydrogen-bond donors (Lipinski definition) is 1. The number of carboxylic acid groups (broad SMARTS) is 1. The molecule has 1 aromatic carbocycles. The monoisotopic (exact) mass is 285 g/mol. The van der Waals surface area contributed by atoms with Crippen molar-refractivity contribution in [1.82, 2.24) is 14.2 Å². The summed E-state index contributed by atoms with van der Waals surface area (Å²) in [5, 5.41) is 14.0. The number of carboxylic acids is 1. The Morgan fingerprint density at radius 1 is 1.29 bits per heavy atom. The Balaban J connectivity index is 2.44. The second-order valence-corrected chi connectivity index (χ2v) is 5.05. The third-order valence-electron chi connectivity index (χ3n) is 3.51. The molecule has 2 heterocycles. The Hall–Kier alpha value is -2.63. The molecule has 0 saturated heterocycles. The van der Waals surface area contributed by atoms with Gasteiger partial charge in [-0.2, -0.15) is 5.10 Å². The van der Waals surface area contributed by atoms with E-state index in [2.05, 4.69) is 5.10 Å². The molecule has 21 heavy (non-hydrogen) atoms. The summed E-state index contributed by atoms with van der Waals surface area (Å²) in [5.74, 6) is -0.410. The van der Waals surface area contributed by atoms with E-state index in [-0.39, 0.29) is 5.56 Å². The molecule has 0 aliphatic carbocycles. The molecule has 0 radical (unpaired) electrons. The highest BCUT2D eigenvalue weighted by molar-refractivity contribution is 5.87. The number of aliphatic carboxylic acids is 1. The second-order valence-electron chi connectivity index (χ2n) is 5.05. The summed E-state index contributed by atoms with van der Waals surface area (Å²) in [6.45, 7) is 3.49. The fraction of sp³-hybridized carbons (Fsp3) is 0.267. The predicted octanol–water partition coefficient (Wildman–Crippen LogP) is 1.60. The molecule has 1 N–H and O–H groups in total. The van der Waals surface area contributed by atoms with E-state index in [1.54, 1.807) is 6.07 Å². The largest absolute Gasteiger partial charge is 0.480 e. The van der Waals surface area contributed by atoms with Crippen molar-refractivity contribution in [2.45, 2.75) is 26.8 Å². The molecule has 3 aromatic rings. The number of carbonyl (C=O) groups is 1. The normalized spacial score (nSPS) is 11.3. The smallest absolute Gasteiger partial charge is 0.325 e. The number of hydrogen-bond acceptors (Lipinski definition) is 3. The van der Waals surface area contributed by atoms with E-state index >= 15 is 0 Å². The summed E-state index contributed by atoms with van der Waals surface area (Å²) >= 11 is 0. The highest BCUT2D eigenvalue weighted by atomic mass is 16.4. The zero-order valence-corrected chi connectivity index (χ0v) is 11.8. The van der Waals surface area contributed by atoms with Gasteiger partial charge in [0.2, 0.25) is 0 Å². The van der Waals surface area contributed by atoms with Crippen LogP contribution in [-0.4, -0.2) is 25.3 Å². The Kier molecular flexibility index (Phi) is 3.01. The molecular weight excluding hydrogens is 270 g/mol. The van der Waals surface area contributed by atoms with Crippen molar-refractivity contribution in [1.29, 1.82) is 0 Å². The molecule has 0 unspecified atom stereocenters. The quantitative estimate of drug-likeness (QED) is 0.793. The van der Waals surface area contributed by atoms with Gasteiger partial charge in [0.15, 0.2) is 0 Å².